The maximum Gasteiger partial charge on any atom is 0.351 e. The van der Waals surface area contributed by atoms with Crippen molar-refractivity contribution in [3.63, 3.8) is 0 Å². The highest BCUT2D eigenvalue weighted by Gasteiger charge is 2.34. The quantitative estimate of drug-likeness (QED) is 0.650. The lowest BCUT2D eigenvalue weighted by Gasteiger charge is -2.15. The van der Waals surface area contributed by atoms with Crippen LogP contribution >= 0.6 is 11.3 Å². The molecule has 1 saturated carbocycles. The molecule has 19 heavy (non-hydrogen) atoms. The number of rotatable bonds is 6. The number of hydrogen-bond acceptors (Lipinski definition) is 5. The Bertz CT molecular complexity index is 602. The van der Waals surface area contributed by atoms with Crippen LogP contribution in [0.1, 0.15) is 25.5 Å². The Kier molecular flexibility index (Phi) is 3.24. The molecular weight excluding hydrogens is 264 g/mol. The average Bonchev–Trinajstić information content (AvgIpc) is 3.01. The van der Waals surface area contributed by atoms with Gasteiger partial charge in [0.25, 0.3) is 4.96 Å². The number of thiazole rings is 1. The van der Waals surface area contributed by atoms with E-state index >= 15 is 0 Å². The van der Waals surface area contributed by atoms with E-state index in [0.717, 1.165) is 6.54 Å². The van der Waals surface area contributed by atoms with Gasteiger partial charge in [-0.3, -0.25) is 0 Å². The average molecular weight is 280 g/mol. The molecule has 0 spiro atoms. The molecule has 0 amide bonds. The number of likely N-dealkylation sites (N-methyl/N-ethyl adjacent to an activating group) is 1. The summed E-state index contributed by atoms with van der Waals surface area (Å²) in [4.78, 5) is 16.1. The van der Waals surface area contributed by atoms with Crippen LogP contribution in [0.2, 0.25) is 0 Å². The van der Waals surface area contributed by atoms with Crippen molar-refractivity contribution in [1.29, 1.82) is 0 Å². The lowest BCUT2D eigenvalue weighted by atomic mass is 10.1. The van der Waals surface area contributed by atoms with Crippen molar-refractivity contribution in [2.24, 2.45) is 5.92 Å². The van der Waals surface area contributed by atoms with Crippen LogP contribution in [0.3, 0.4) is 0 Å². The van der Waals surface area contributed by atoms with Crippen molar-refractivity contribution < 1.29 is 4.92 Å². The smallest absolute Gasteiger partial charge is 0.351 e. The molecule has 0 aromatic carbocycles. The molecule has 102 valence electrons. The third-order valence-corrected chi connectivity index (χ3v) is 4.31. The fourth-order valence-corrected chi connectivity index (χ4v) is 3.25. The third kappa shape index (κ3) is 2.35. The van der Waals surface area contributed by atoms with Gasteiger partial charge in [-0.15, -0.1) is 0 Å². The predicted molar refractivity (Wildman–Crippen MR) is 73.6 cm³/mol. The first-order valence-electron chi connectivity index (χ1n) is 6.53. The van der Waals surface area contributed by atoms with Crippen molar-refractivity contribution in [3.8, 4) is 0 Å². The Hall–Kier alpha value is -1.47. The topological polar surface area (TPSA) is 72.5 Å². The van der Waals surface area contributed by atoms with E-state index < -0.39 is 0 Å². The second kappa shape index (κ2) is 4.90. The summed E-state index contributed by atoms with van der Waals surface area (Å²) in [6.07, 6.45) is 4.79. The van der Waals surface area contributed by atoms with Gasteiger partial charge in [0, 0.05) is 17.8 Å². The number of nitro groups is 1. The minimum absolute atomic E-state index is 0.125. The van der Waals surface area contributed by atoms with Gasteiger partial charge in [0.1, 0.15) is 11.9 Å². The number of fused-ring (bicyclic) bond motifs is 1. The molecule has 1 fully saturated rings. The molecule has 2 aromatic heterocycles. The summed E-state index contributed by atoms with van der Waals surface area (Å²) in [6.45, 7) is 2.95. The summed E-state index contributed by atoms with van der Waals surface area (Å²) in [6, 6.07) is 0.313. The summed E-state index contributed by atoms with van der Waals surface area (Å²) < 4.78 is 1.58. The molecule has 1 atom stereocenters. The normalized spacial score (nSPS) is 16.9. The molecule has 0 radical (unpaired) electrons. The first kappa shape index (κ1) is 12.6. The van der Waals surface area contributed by atoms with E-state index in [1.54, 1.807) is 10.6 Å². The molecule has 1 unspecified atom stereocenters. The monoisotopic (exact) mass is 280 g/mol. The highest BCUT2D eigenvalue weighted by molar-refractivity contribution is 7.15. The molecule has 1 aliphatic carbocycles. The molecule has 0 aliphatic heterocycles. The second-order valence-corrected chi connectivity index (χ2v) is 5.77. The zero-order valence-electron chi connectivity index (χ0n) is 10.7. The van der Waals surface area contributed by atoms with Crippen molar-refractivity contribution in [2.45, 2.75) is 32.2 Å². The SMILES string of the molecule is CCNC(Cc1nc2sccn2c1[N+](=O)[O-])C1CC1. The summed E-state index contributed by atoms with van der Waals surface area (Å²) >= 11 is 1.43. The minimum atomic E-state index is -0.321. The molecule has 2 heterocycles. The van der Waals surface area contributed by atoms with Crippen LogP contribution in [0, 0.1) is 16.0 Å². The van der Waals surface area contributed by atoms with Crippen molar-refractivity contribution >= 4 is 22.1 Å². The van der Waals surface area contributed by atoms with Crippen molar-refractivity contribution in [3.05, 3.63) is 27.4 Å². The molecule has 7 heteroatoms. The van der Waals surface area contributed by atoms with Gasteiger partial charge in [-0.2, -0.15) is 9.38 Å². The summed E-state index contributed by atoms with van der Waals surface area (Å²) in [5.74, 6) is 0.777. The van der Waals surface area contributed by atoms with Gasteiger partial charge in [-0.1, -0.05) is 18.3 Å². The van der Waals surface area contributed by atoms with Crippen LogP contribution in [0.25, 0.3) is 4.96 Å². The fourth-order valence-electron chi connectivity index (χ4n) is 2.52. The predicted octanol–water partition coefficient (Wildman–Crippen LogP) is 2.23. The van der Waals surface area contributed by atoms with E-state index in [2.05, 4.69) is 17.2 Å². The number of nitrogens with zero attached hydrogens (tertiary/aromatic N) is 3. The lowest BCUT2D eigenvalue weighted by molar-refractivity contribution is -0.391. The summed E-state index contributed by atoms with van der Waals surface area (Å²) in [5.41, 5.74) is 0.606. The molecule has 0 bridgehead atoms. The summed E-state index contributed by atoms with van der Waals surface area (Å²) in [5, 5.41) is 16.5. The van der Waals surface area contributed by atoms with Crippen LogP contribution < -0.4 is 5.32 Å². The molecule has 0 saturated heterocycles. The summed E-state index contributed by atoms with van der Waals surface area (Å²) in [7, 11) is 0. The maximum absolute atomic E-state index is 11.2. The number of imidazole rings is 1. The Morgan fingerprint density at radius 3 is 3.11 bits per heavy atom. The fraction of sp³-hybridized carbons (Fsp3) is 0.583. The number of aromatic nitrogens is 2. The molecule has 6 nitrogen and oxygen atoms in total. The highest BCUT2D eigenvalue weighted by atomic mass is 32.1. The van der Waals surface area contributed by atoms with E-state index in [1.165, 1.54) is 24.2 Å². The van der Waals surface area contributed by atoms with E-state index in [-0.39, 0.29) is 10.7 Å². The maximum atomic E-state index is 11.2. The Morgan fingerprint density at radius 1 is 1.68 bits per heavy atom. The molecule has 3 rings (SSSR count). The van der Waals surface area contributed by atoms with Crippen molar-refractivity contribution in [1.82, 2.24) is 14.7 Å². The molecule has 1 N–H and O–H groups in total. The minimum Gasteiger partial charge on any atom is -0.358 e. The number of nitrogens with one attached hydrogen (secondary N) is 1. The van der Waals surface area contributed by atoms with Gasteiger partial charge < -0.3 is 15.4 Å². The second-order valence-electron chi connectivity index (χ2n) is 4.90. The van der Waals surface area contributed by atoms with E-state index in [4.69, 9.17) is 0 Å². The largest absolute Gasteiger partial charge is 0.358 e. The Labute approximate surface area is 114 Å². The number of hydrogen-bond donors (Lipinski definition) is 1. The zero-order chi connectivity index (χ0) is 13.4. The van der Waals surface area contributed by atoms with Crippen molar-refractivity contribution in [2.75, 3.05) is 6.54 Å². The first-order chi connectivity index (χ1) is 9.20. The first-order valence-corrected chi connectivity index (χ1v) is 7.41. The molecular formula is C12H16N4O2S. The van der Waals surface area contributed by atoms with Gasteiger partial charge in [-0.25, -0.2) is 0 Å². The van der Waals surface area contributed by atoms with Crippen LogP contribution in [-0.2, 0) is 6.42 Å². The van der Waals surface area contributed by atoms with Gasteiger partial charge in [0.05, 0.1) is 0 Å². The highest BCUT2D eigenvalue weighted by Crippen LogP contribution is 2.35. The van der Waals surface area contributed by atoms with E-state index in [1.807, 2.05) is 5.38 Å². The van der Waals surface area contributed by atoms with Crippen LogP contribution in [0.5, 0.6) is 0 Å². The van der Waals surface area contributed by atoms with Crippen LogP contribution in [-0.4, -0.2) is 26.9 Å². The third-order valence-electron chi connectivity index (χ3n) is 3.55. The van der Waals surface area contributed by atoms with Gasteiger partial charge in [-0.05, 0) is 30.2 Å². The Balaban J connectivity index is 1.92. The molecule has 2 aromatic rings. The zero-order valence-corrected chi connectivity index (χ0v) is 11.5. The lowest BCUT2D eigenvalue weighted by Crippen LogP contribution is -2.33. The van der Waals surface area contributed by atoms with Crippen LogP contribution in [0.4, 0.5) is 5.82 Å². The standard InChI is InChI=1S/C12H16N4O2S/c1-2-13-9(8-3-4-8)7-10-11(16(17)18)15-5-6-19-12(15)14-10/h5-6,8-9,13H,2-4,7H2,1H3. The van der Waals surface area contributed by atoms with E-state index in [0.29, 0.717) is 29.0 Å². The Morgan fingerprint density at radius 2 is 2.47 bits per heavy atom. The molecule has 1 aliphatic rings. The van der Waals surface area contributed by atoms with Gasteiger partial charge in [0.2, 0.25) is 0 Å². The van der Waals surface area contributed by atoms with Gasteiger partial charge in [0.15, 0.2) is 0 Å². The van der Waals surface area contributed by atoms with Crippen LogP contribution in [0.15, 0.2) is 11.6 Å². The van der Waals surface area contributed by atoms with Gasteiger partial charge >= 0.3 is 5.82 Å². The van der Waals surface area contributed by atoms with E-state index in [9.17, 15) is 10.1 Å².